The van der Waals surface area contributed by atoms with Crippen molar-refractivity contribution in [3.63, 3.8) is 0 Å². The summed E-state index contributed by atoms with van der Waals surface area (Å²) in [5, 5.41) is 10.6. The molecule has 7 nitrogen and oxygen atoms in total. The molecule has 0 unspecified atom stereocenters. The topological polar surface area (TPSA) is 94.3 Å². The number of aryl methyl sites for hydroxylation is 1. The number of aromatic nitrogens is 2. The zero-order valence-corrected chi connectivity index (χ0v) is 14.9. The van der Waals surface area contributed by atoms with Gasteiger partial charge < -0.3 is 14.6 Å². The summed E-state index contributed by atoms with van der Waals surface area (Å²) < 4.78 is 9.81. The minimum Gasteiger partial charge on any atom is -0.465 e. The molecule has 0 radical (unpaired) electrons. The van der Waals surface area contributed by atoms with Gasteiger partial charge >= 0.3 is 5.97 Å². The van der Waals surface area contributed by atoms with Gasteiger partial charge in [-0.15, -0.1) is 0 Å². The Balaban J connectivity index is 1.45. The molecule has 0 saturated heterocycles. The van der Waals surface area contributed by atoms with E-state index in [0.717, 1.165) is 11.1 Å². The Hall–Kier alpha value is -3.00. The molecule has 3 rings (SSSR count). The van der Waals surface area contributed by atoms with Crippen molar-refractivity contribution in [2.75, 3.05) is 7.11 Å². The second kappa shape index (κ2) is 8.39. The average molecular weight is 371 g/mol. The monoisotopic (exact) mass is 371 g/mol. The molecule has 8 heteroatoms. The summed E-state index contributed by atoms with van der Waals surface area (Å²) in [6.07, 6.45) is 0.635. The van der Waals surface area contributed by atoms with Crippen molar-refractivity contribution in [1.29, 1.82) is 0 Å². The zero-order valence-electron chi connectivity index (χ0n) is 14.1. The number of hydrogen-bond acceptors (Lipinski definition) is 7. The number of methoxy groups -OCH3 is 1. The van der Waals surface area contributed by atoms with Crippen molar-refractivity contribution in [3.8, 4) is 11.4 Å². The van der Waals surface area contributed by atoms with E-state index in [4.69, 9.17) is 4.52 Å². The second-order valence-corrected chi connectivity index (χ2v) is 6.27. The lowest BCUT2D eigenvalue weighted by Crippen LogP contribution is -2.23. The molecule has 0 spiro atoms. The second-order valence-electron chi connectivity index (χ2n) is 5.49. The van der Waals surface area contributed by atoms with Gasteiger partial charge in [0.25, 0.3) is 0 Å². The van der Waals surface area contributed by atoms with Crippen LogP contribution in [0.25, 0.3) is 11.4 Å². The van der Waals surface area contributed by atoms with Crippen molar-refractivity contribution >= 4 is 23.2 Å². The maximum atomic E-state index is 12.0. The van der Waals surface area contributed by atoms with E-state index in [2.05, 4.69) is 20.2 Å². The predicted molar refractivity (Wildman–Crippen MR) is 95.6 cm³/mol. The number of hydrogen-bond donors (Lipinski definition) is 1. The van der Waals surface area contributed by atoms with E-state index in [1.807, 2.05) is 16.8 Å². The highest BCUT2D eigenvalue weighted by Crippen LogP contribution is 2.19. The number of thiophene rings is 1. The fraction of sp³-hybridized carbons (Fsp3) is 0.222. The van der Waals surface area contributed by atoms with Crippen molar-refractivity contribution in [1.82, 2.24) is 15.5 Å². The molecule has 0 aliphatic heterocycles. The van der Waals surface area contributed by atoms with E-state index in [1.165, 1.54) is 7.11 Å². The summed E-state index contributed by atoms with van der Waals surface area (Å²) in [5.41, 5.74) is 2.27. The summed E-state index contributed by atoms with van der Waals surface area (Å²) in [7, 11) is 1.34. The van der Waals surface area contributed by atoms with Gasteiger partial charge in [0.05, 0.1) is 12.7 Å². The Morgan fingerprint density at radius 3 is 2.73 bits per heavy atom. The third-order valence-electron chi connectivity index (χ3n) is 3.68. The molecule has 26 heavy (non-hydrogen) atoms. The summed E-state index contributed by atoms with van der Waals surface area (Å²) >= 11 is 1.56. The smallest absolute Gasteiger partial charge is 0.337 e. The van der Waals surface area contributed by atoms with Crippen LogP contribution in [0.3, 0.4) is 0 Å². The van der Waals surface area contributed by atoms with Gasteiger partial charge in [0.15, 0.2) is 0 Å². The van der Waals surface area contributed by atoms with E-state index in [9.17, 15) is 9.59 Å². The number of rotatable bonds is 7. The average Bonchev–Trinajstić information content (AvgIpc) is 3.36. The number of nitrogens with zero attached hydrogens (tertiary/aromatic N) is 2. The molecule has 0 saturated carbocycles. The highest BCUT2D eigenvalue weighted by Gasteiger charge is 2.11. The predicted octanol–water partition coefficient (Wildman–Crippen LogP) is 2.83. The molecule has 0 aliphatic rings. The lowest BCUT2D eigenvalue weighted by molar-refractivity contribution is -0.121. The maximum Gasteiger partial charge on any atom is 0.337 e. The first-order valence-corrected chi connectivity index (χ1v) is 8.89. The number of ether oxygens (including phenoxy) is 1. The molecule has 1 amide bonds. The molecule has 0 aliphatic carbocycles. The van der Waals surface area contributed by atoms with Crippen LogP contribution in [0.1, 0.15) is 28.2 Å². The summed E-state index contributed by atoms with van der Waals surface area (Å²) in [4.78, 5) is 27.6. The fourth-order valence-electron chi connectivity index (χ4n) is 2.25. The largest absolute Gasteiger partial charge is 0.465 e. The van der Waals surface area contributed by atoms with Crippen LogP contribution in [0.2, 0.25) is 0 Å². The van der Waals surface area contributed by atoms with Crippen molar-refractivity contribution < 1.29 is 18.8 Å². The molecule has 0 atom stereocenters. The SMILES string of the molecule is COC(=O)c1ccc(CNC(=O)CCc2nc(-c3ccsc3)no2)cc1. The number of carbonyl (C=O) groups is 2. The zero-order chi connectivity index (χ0) is 18.4. The first kappa shape index (κ1) is 17.8. The minimum atomic E-state index is -0.387. The van der Waals surface area contributed by atoms with Crippen LogP contribution in [0.4, 0.5) is 0 Å². The molecule has 1 N–H and O–H groups in total. The van der Waals surface area contributed by atoms with E-state index >= 15 is 0 Å². The van der Waals surface area contributed by atoms with Gasteiger partial charge in [-0.2, -0.15) is 16.3 Å². The number of nitrogens with one attached hydrogen (secondary N) is 1. The molecule has 1 aromatic carbocycles. The summed E-state index contributed by atoms with van der Waals surface area (Å²) in [5.74, 6) is 0.468. The van der Waals surface area contributed by atoms with Gasteiger partial charge in [0.1, 0.15) is 0 Å². The molecular formula is C18H17N3O4S. The molecule has 0 bridgehead atoms. The normalized spacial score (nSPS) is 10.5. The minimum absolute atomic E-state index is 0.114. The Bertz CT molecular complexity index is 872. The number of benzene rings is 1. The third-order valence-corrected chi connectivity index (χ3v) is 4.36. The molecule has 3 aromatic rings. The molecule has 0 fully saturated rings. The van der Waals surface area contributed by atoms with Gasteiger partial charge in [-0.25, -0.2) is 4.79 Å². The van der Waals surface area contributed by atoms with Gasteiger partial charge in [-0.05, 0) is 29.1 Å². The molecule has 2 heterocycles. The highest BCUT2D eigenvalue weighted by molar-refractivity contribution is 7.08. The van der Waals surface area contributed by atoms with Gasteiger partial charge in [-0.1, -0.05) is 17.3 Å². The lowest BCUT2D eigenvalue weighted by Gasteiger charge is -2.05. The van der Waals surface area contributed by atoms with E-state index < -0.39 is 0 Å². The van der Waals surface area contributed by atoms with Crippen LogP contribution in [-0.4, -0.2) is 29.1 Å². The van der Waals surface area contributed by atoms with Gasteiger partial charge in [0, 0.05) is 30.3 Å². The Morgan fingerprint density at radius 2 is 2.04 bits per heavy atom. The van der Waals surface area contributed by atoms with Gasteiger partial charge in [0.2, 0.25) is 17.6 Å². The van der Waals surface area contributed by atoms with Crippen LogP contribution in [0.5, 0.6) is 0 Å². The van der Waals surface area contributed by atoms with Crippen molar-refractivity contribution in [2.45, 2.75) is 19.4 Å². The number of amides is 1. The first-order valence-electron chi connectivity index (χ1n) is 7.95. The standard InChI is InChI=1S/C18H17N3O4S/c1-24-18(23)13-4-2-12(3-5-13)10-19-15(22)6-7-16-20-17(21-25-16)14-8-9-26-11-14/h2-5,8-9,11H,6-7,10H2,1H3,(H,19,22). The van der Waals surface area contributed by atoms with Crippen LogP contribution >= 0.6 is 11.3 Å². The van der Waals surface area contributed by atoms with E-state index in [-0.39, 0.29) is 18.3 Å². The maximum absolute atomic E-state index is 12.0. The van der Waals surface area contributed by atoms with E-state index in [0.29, 0.717) is 30.2 Å². The Labute approximate surface area is 154 Å². The number of esters is 1. The fourth-order valence-corrected chi connectivity index (χ4v) is 2.89. The van der Waals surface area contributed by atoms with Crippen molar-refractivity contribution in [2.24, 2.45) is 0 Å². The molecular weight excluding hydrogens is 354 g/mol. The molecule has 134 valence electrons. The van der Waals surface area contributed by atoms with Crippen LogP contribution < -0.4 is 5.32 Å². The first-order chi connectivity index (χ1) is 12.7. The Morgan fingerprint density at radius 1 is 1.23 bits per heavy atom. The summed E-state index contributed by atoms with van der Waals surface area (Å²) in [6.45, 7) is 0.379. The Kier molecular flexibility index (Phi) is 5.75. The molecule has 2 aromatic heterocycles. The lowest BCUT2D eigenvalue weighted by atomic mass is 10.1. The third kappa shape index (κ3) is 4.54. The van der Waals surface area contributed by atoms with Crippen LogP contribution in [0.15, 0.2) is 45.6 Å². The van der Waals surface area contributed by atoms with E-state index in [1.54, 1.807) is 35.6 Å². The highest BCUT2D eigenvalue weighted by atomic mass is 32.1. The summed E-state index contributed by atoms with van der Waals surface area (Å²) in [6, 6.07) is 8.79. The number of carbonyl (C=O) groups excluding carboxylic acids is 2. The van der Waals surface area contributed by atoms with Gasteiger partial charge in [-0.3, -0.25) is 4.79 Å². The quantitative estimate of drug-likeness (QED) is 0.642. The van der Waals surface area contributed by atoms with Crippen molar-refractivity contribution in [3.05, 3.63) is 58.1 Å². The van der Waals surface area contributed by atoms with Crippen LogP contribution in [-0.2, 0) is 22.5 Å². The van der Waals surface area contributed by atoms with Crippen LogP contribution in [0, 0.1) is 0 Å².